The number of hydrogen-bond donors (Lipinski definition) is 1. The predicted octanol–water partition coefficient (Wildman–Crippen LogP) is -0.0995. The van der Waals surface area contributed by atoms with Crippen LogP contribution in [0.4, 0.5) is 0 Å². The van der Waals surface area contributed by atoms with E-state index in [1.807, 2.05) is 0 Å². The van der Waals surface area contributed by atoms with Crippen LogP contribution in [0.2, 0.25) is 0 Å². The normalized spacial score (nSPS) is 14.8. The molecule has 9 heteroatoms. The predicted molar refractivity (Wildman–Crippen MR) is 78.9 cm³/mol. The van der Waals surface area contributed by atoms with Gasteiger partial charge in [-0.1, -0.05) is 6.07 Å². The number of nitrogens with zero attached hydrogens (tertiary/aromatic N) is 1. The second-order valence-corrected chi connectivity index (χ2v) is 6.74. The largest absolute Gasteiger partial charge is 0.452 e. The van der Waals surface area contributed by atoms with Gasteiger partial charge in [-0.2, -0.15) is 0 Å². The van der Waals surface area contributed by atoms with Crippen LogP contribution in [0.25, 0.3) is 0 Å². The van der Waals surface area contributed by atoms with Gasteiger partial charge in [0.2, 0.25) is 15.9 Å². The third-order valence-electron chi connectivity index (χ3n) is 3.35. The van der Waals surface area contributed by atoms with Crippen LogP contribution in [0.1, 0.15) is 23.2 Å². The van der Waals surface area contributed by atoms with E-state index in [0.29, 0.717) is 19.4 Å². The molecule has 0 atom stereocenters. The fourth-order valence-electron chi connectivity index (χ4n) is 2.11. The van der Waals surface area contributed by atoms with Crippen LogP contribution in [-0.2, 0) is 24.3 Å². The number of carbonyl (C=O) groups is 3. The number of nitrogens with one attached hydrogen (secondary N) is 1. The molecular weight excluding hydrogens is 324 g/mol. The van der Waals surface area contributed by atoms with E-state index in [0.717, 1.165) is 11.0 Å². The Morgan fingerprint density at radius 3 is 2.70 bits per heavy atom. The van der Waals surface area contributed by atoms with E-state index < -0.39 is 28.5 Å². The van der Waals surface area contributed by atoms with E-state index in [1.165, 1.54) is 25.2 Å². The molecule has 0 saturated carbocycles. The first-order valence-electron chi connectivity index (χ1n) is 6.89. The summed E-state index contributed by atoms with van der Waals surface area (Å²) < 4.78 is 30.4. The summed E-state index contributed by atoms with van der Waals surface area (Å²) in [4.78, 5) is 36.1. The molecule has 1 aromatic carbocycles. The molecule has 1 heterocycles. The minimum Gasteiger partial charge on any atom is -0.452 e. The van der Waals surface area contributed by atoms with Crippen LogP contribution in [0, 0.1) is 0 Å². The van der Waals surface area contributed by atoms with Gasteiger partial charge in [0.1, 0.15) is 0 Å². The van der Waals surface area contributed by atoms with Crippen LogP contribution >= 0.6 is 0 Å². The van der Waals surface area contributed by atoms with Gasteiger partial charge in [-0.3, -0.25) is 14.5 Å². The molecule has 1 saturated heterocycles. The van der Waals surface area contributed by atoms with Crippen molar-refractivity contribution >= 4 is 27.8 Å². The van der Waals surface area contributed by atoms with E-state index in [4.69, 9.17) is 4.74 Å². The summed E-state index contributed by atoms with van der Waals surface area (Å²) in [7, 11) is -2.43. The lowest BCUT2D eigenvalue weighted by Crippen LogP contribution is -2.35. The van der Waals surface area contributed by atoms with Crippen LogP contribution in [0.5, 0.6) is 0 Å². The second-order valence-electron chi connectivity index (χ2n) is 4.85. The zero-order valence-electron chi connectivity index (χ0n) is 12.4. The number of rotatable bonds is 5. The highest BCUT2D eigenvalue weighted by Gasteiger charge is 2.27. The molecule has 1 aliphatic heterocycles. The van der Waals surface area contributed by atoms with Crippen molar-refractivity contribution in [3.8, 4) is 0 Å². The van der Waals surface area contributed by atoms with Crippen LogP contribution in [-0.4, -0.2) is 51.3 Å². The summed E-state index contributed by atoms with van der Waals surface area (Å²) >= 11 is 0. The van der Waals surface area contributed by atoms with E-state index >= 15 is 0 Å². The van der Waals surface area contributed by atoms with Crippen LogP contribution < -0.4 is 4.72 Å². The highest BCUT2D eigenvalue weighted by atomic mass is 32.2. The number of esters is 1. The van der Waals surface area contributed by atoms with Gasteiger partial charge in [0.05, 0.1) is 10.5 Å². The number of sulfonamides is 1. The maximum absolute atomic E-state index is 11.9. The minimum absolute atomic E-state index is 0.00173. The average molecular weight is 340 g/mol. The highest BCUT2D eigenvalue weighted by molar-refractivity contribution is 7.89. The van der Waals surface area contributed by atoms with Crippen LogP contribution in [0.3, 0.4) is 0 Å². The zero-order valence-corrected chi connectivity index (χ0v) is 13.3. The molecule has 1 aliphatic rings. The topological polar surface area (TPSA) is 110 Å². The molecule has 124 valence electrons. The van der Waals surface area contributed by atoms with Gasteiger partial charge in [-0.25, -0.2) is 17.9 Å². The van der Waals surface area contributed by atoms with E-state index in [-0.39, 0.29) is 16.4 Å². The standard InChI is InChI=1S/C14H16N2O6S/c1-15-23(20,21)11-5-2-4-10(8-11)14(19)22-9-13(18)16-7-3-6-12(16)17/h2,4-5,8,15H,3,6-7,9H2,1H3. The smallest absolute Gasteiger partial charge is 0.338 e. The van der Waals surface area contributed by atoms with Crippen molar-refractivity contribution in [2.24, 2.45) is 0 Å². The highest BCUT2D eigenvalue weighted by Crippen LogP contribution is 2.13. The summed E-state index contributed by atoms with van der Waals surface area (Å²) in [5.74, 6) is -1.70. The molecule has 1 aromatic rings. The number of ether oxygens (including phenoxy) is 1. The Balaban J connectivity index is 2.02. The van der Waals surface area contributed by atoms with Crippen molar-refractivity contribution < 1.29 is 27.5 Å². The number of hydrogen-bond acceptors (Lipinski definition) is 6. The van der Waals surface area contributed by atoms with Gasteiger partial charge in [-0.05, 0) is 31.7 Å². The number of amides is 2. The number of imide groups is 1. The summed E-state index contributed by atoms with van der Waals surface area (Å²) in [6.45, 7) is -0.237. The van der Waals surface area contributed by atoms with Gasteiger partial charge < -0.3 is 4.74 Å². The molecule has 0 aromatic heterocycles. The molecule has 1 N–H and O–H groups in total. The molecule has 0 bridgehead atoms. The Morgan fingerprint density at radius 1 is 1.35 bits per heavy atom. The van der Waals surface area contributed by atoms with Crippen molar-refractivity contribution in [3.05, 3.63) is 29.8 Å². The summed E-state index contributed by atoms with van der Waals surface area (Å²) in [6.07, 6.45) is 0.909. The Morgan fingerprint density at radius 2 is 2.09 bits per heavy atom. The molecule has 1 fully saturated rings. The molecule has 0 unspecified atom stereocenters. The first kappa shape index (κ1) is 17.1. The first-order valence-corrected chi connectivity index (χ1v) is 8.37. The first-order chi connectivity index (χ1) is 10.8. The van der Waals surface area contributed by atoms with Crippen molar-refractivity contribution in [3.63, 3.8) is 0 Å². The Hall–Kier alpha value is -2.26. The maximum Gasteiger partial charge on any atom is 0.338 e. The Kier molecular flexibility index (Phi) is 5.12. The molecule has 8 nitrogen and oxygen atoms in total. The van der Waals surface area contributed by atoms with Crippen molar-refractivity contribution in [1.82, 2.24) is 9.62 Å². The van der Waals surface area contributed by atoms with Gasteiger partial charge >= 0.3 is 5.97 Å². The Bertz CT molecular complexity index is 743. The molecule has 2 rings (SSSR count). The maximum atomic E-state index is 11.9. The lowest BCUT2D eigenvalue weighted by molar-refractivity contribution is -0.143. The zero-order chi connectivity index (χ0) is 17.0. The van der Waals surface area contributed by atoms with E-state index in [1.54, 1.807) is 0 Å². The lowest BCUT2D eigenvalue weighted by atomic mass is 10.2. The molecular formula is C14H16N2O6S. The average Bonchev–Trinajstić information content (AvgIpc) is 2.98. The monoisotopic (exact) mass is 340 g/mol. The quantitative estimate of drug-likeness (QED) is 0.750. The second kappa shape index (κ2) is 6.88. The SMILES string of the molecule is CNS(=O)(=O)c1cccc(C(=O)OCC(=O)N2CCCC2=O)c1. The van der Waals surface area contributed by atoms with Crippen molar-refractivity contribution in [1.29, 1.82) is 0 Å². The minimum atomic E-state index is -3.68. The molecule has 23 heavy (non-hydrogen) atoms. The summed E-state index contributed by atoms with van der Waals surface area (Å²) in [5, 5.41) is 0. The molecule has 0 spiro atoms. The van der Waals surface area contributed by atoms with Gasteiger partial charge in [-0.15, -0.1) is 0 Å². The number of benzene rings is 1. The Labute approximate surface area is 133 Å². The van der Waals surface area contributed by atoms with Gasteiger partial charge in [0.25, 0.3) is 5.91 Å². The van der Waals surface area contributed by atoms with E-state index in [9.17, 15) is 22.8 Å². The summed E-state index contributed by atoms with van der Waals surface area (Å²) in [5.41, 5.74) is 0.00173. The van der Waals surface area contributed by atoms with E-state index in [2.05, 4.69) is 4.72 Å². The number of carbonyl (C=O) groups excluding carboxylic acids is 3. The molecule has 0 radical (unpaired) electrons. The third-order valence-corrected chi connectivity index (χ3v) is 4.76. The molecule has 2 amide bonds. The van der Waals surface area contributed by atoms with Gasteiger partial charge in [0, 0.05) is 13.0 Å². The third kappa shape index (κ3) is 3.93. The molecule has 0 aliphatic carbocycles. The summed E-state index contributed by atoms with van der Waals surface area (Å²) in [6, 6.07) is 5.26. The fraction of sp³-hybridized carbons (Fsp3) is 0.357. The van der Waals surface area contributed by atoms with Crippen molar-refractivity contribution in [2.45, 2.75) is 17.7 Å². The fourth-order valence-corrected chi connectivity index (χ4v) is 2.88. The van der Waals surface area contributed by atoms with Gasteiger partial charge in [0.15, 0.2) is 6.61 Å². The van der Waals surface area contributed by atoms with Crippen LogP contribution in [0.15, 0.2) is 29.2 Å². The lowest BCUT2D eigenvalue weighted by Gasteiger charge is -2.13. The number of likely N-dealkylation sites (tertiary alicyclic amines) is 1. The van der Waals surface area contributed by atoms with Crippen molar-refractivity contribution in [2.75, 3.05) is 20.2 Å².